The number of amides is 1. The average Bonchev–Trinajstić information content (AvgIpc) is 3.13. The van der Waals surface area contributed by atoms with Crippen LogP contribution >= 0.6 is 11.6 Å². The molecule has 0 spiro atoms. The first-order valence-electron chi connectivity index (χ1n) is 9.26. The maximum Gasteiger partial charge on any atom is 0.255 e. The van der Waals surface area contributed by atoms with Crippen molar-refractivity contribution >= 4 is 23.2 Å². The Morgan fingerprint density at radius 3 is 2.96 bits per heavy atom. The van der Waals surface area contributed by atoms with Gasteiger partial charge in [0, 0.05) is 23.8 Å². The molecule has 136 valence electrons. The van der Waals surface area contributed by atoms with Crippen LogP contribution in [0.2, 0.25) is 5.02 Å². The van der Waals surface area contributed by atoms with E-state index in [-0.39, 0.29) is 5.91 Å². The fraction of sp³-hybridized carbons (Fsp3) is 0.381. The van der Waals surface area contributed by atoms with Crippen LogP contribution < -0.4 is 10.1 Å². The molecule has 26 heavy (non-hydrogen) atoms. The second-order valence-corrected chi connectivity index (χ2v) is 7.30. The summed E-state index contributed by atoms with van der Waals surface area (Å²) in [6.45, 7) is 4.77. The molecule has 1 fully saturated rings. The lowest BCUT2D eigenvalue weighted by Crippen LogP contribution is -2.31. The normalized spacial score (nSPS) is 18.9. The zero-order valence-electron chi connectivity index (χ0n) is 14.9. The minimum Gasteiger partial charge on any atom is -0.492 e. The number of nitrogens with zero attached hydrogens (tertiary/aromatic N) is 1. The second-order valence-electron chi connectivity index (χ2n) is 6.89. The summed E-state index contributed by atoms with van der Waals surface area (Å²) in [5.41, 5.74) is 4.15. The summed E-state index contributed by atoms with van der Waals surface area (Å²) in [6.07, 6.45) is 3.55. The van der Waals surface area contributed by atoms with Crippen molar-refractivity contribution in [3.05, 3.63) is 58.1 Å². The molecule has 4 rings (SSSR count). The van der Waals surface area contributed by atoms with Crippen LogP contribution in [-0.4, -0.2) is 30.5 Å². The number of hydrogen-bond acceptors (Lipinski definition) is 3. The Bertz CT molecular complexity index is 837. The van der Waals surface area contributed by atoms with Crippen molar-refractivity contribution in [3.8, 4) is 5.75 Å². The predicted molar refractivity (Wildman–Crippen MR) is 104 cm³/mol. The van der Waals surface area contributed by atoms with Crippen LogP contribution in [0.5, 0.6) is 5.75 Å². The molecular formula is C21H23ClN2O2. The third-order valence-electron chi connectivity index (χ3n) is 5.29. The Balaban J connectivity index is 1.53. The molecule has 2 aromatic rings. The molecule has 2 aliphatic heterocycles. The van der Waals surface area contributed by atoms with Crippen molar-refractivity contribution in [2.45, 2.75) is 32.2 Å². The van der Waals surface area contributed by atoms with E-state index in [1.165, 1.54) is 30.5 Å². The smallest absolute Gasteiger partial charge is 0.255 e. The molecule has 5 heteroatoms. The molecule has 0 radical (unpaired) electrons. The molecule has 4 nitrogen and oxygen atoms in total. The third-order valence-corrected chi connectivity index (χ3v) is 5.58. The Labute approximate surface area is 159 Å². The largest absolute Gasteiger partial charge is 0.492 e. The van der Waals surface area contributed by atoms with E-state index in [2.05, 4.69) is 22.3 Å². The summed E-state index contributed by atoms with van der Waals surface area (Å²) < 4.78 is 5.42. The molecule has 1 N–H and O–H groups in total. The highest BCUT2D eigenvalue weighted by molar-refractivity contribution is 6.32. The second kappa shape index (κ2) is 7.29. The van der Waals surface area contributed by atoms with Gasteiger partial charge in [-0.05, 0) is 74.2 Å². The van der Waals surface area contributed by atoms with E-state index in [0.717, 1.165) is 18.7 Å². The van der Waals surface area contributed by atoms with Gasteiger partial charge in [0.2, 0.25) is 0 Å². The predicted octanol–water partition coefficient (Wildman–Crippen LogP) is 4.68. The molecule has 1 amide bonds. The van der Waals surface area contributed by atoms with Crippen LogP contribution in [0, 0.1) is 0 Å². The van der Waals surface area contributed by atoms with Gasteiger partial charge in [-0.15, -0.1) is 0 Å². The molecule has 1 unspecified atom stereocenters. The number of carbonyl (C=O) groups excluding carboxylic acids is 1. The minimum atomic E-state index is -0.158. The SMILES string of the molecule is CCOc1ccc(C(=O)Nc2ccc3c(c2)C2CCCN2CC3)cc1Cl. The van der Waals surface area contributed by atoms with Gasteiger partial charge in [0.25, 0.3) is 5.91 Å². The highest BCUT2D eigenvalue weighted by atomic mass is 35.5. The van der Waals surface area contributed by atoms with Gasteiger partial charge >= 0.3 is 0 Å². The van der Waals surface area contributed by atoms with Gasteiger partial charge in [-0.1, -0.05) is 17.7 Å². The lowest BCUT2D eigenvalue weighted by molar-refractivity contribution is 0.102. The van der Waals surface area contributed by atoms with Crippen molar-refractivity contribution < 1.29 is 9.53 Å². The van der Waals surface area contributed by atoms with Crippen molar-refractivity contribution in [1.82, 2.24) is 4.90 Å². The lowest BCUT2D eigenvalue weighted by Gasteiger charge is -2.32. The molecule has 2 aliphatic rings. The summed E-state index contributed by atoms with van der Waals surface area (Å²) >= 11 is 6.20. The van der Waals surface area contributed by atoms with Crippen LogP contribution in [0.4, 0.5) is 5.69 Å². The van der Waals surface area contributed by atoms with E-state index in [1.54, 1.807) is 18.2 Å². The quantitative estimate of drug-likeness (QED) is 0.849. The molecule has 0 aromatic heterocycles. The molecule has 1 atom stereocenters. The van der Waals surface area contributed by atoms with Crippen LogP contribution in [0.3, 0.4) is 0 Å². The van der Waals surface area contributed by atoms with Crippen molar-refractivity contribution in [2.75, 3.05) is 25.0 Å². The summed E-state index contributed by atoms with van der Waals surface area (Å²) in [7, 11) is 0. The van der Waals surface area contributed by atoms with Gasteiger partial charge in [0.15, 0.2) is 0 Å². The van der Waals surface area contributed by atoms with E-state index in [4.69, 9.17) is 16.3 Å². The lowest BCUT2D eigenvalue weighted by atomic mass is 9.92. The fourth-order valence-electron chi connectivity index (χ4n) is 4.04. The van der Waals surface area contributed by atoms with E-state index in [1.807, 2.05) is 13.0 Å². The number of nitrogens with one attached hydrogen (secondary N) is 1. The Morgan fingerprint density at radius 2 is 2.15 bits per heavy atom. The van der Waals surface area contributed by atoms with Crippen molar-refractivity contribution in [1.29, 1.82) is 0 Å². The van der Waals surface area contributed by atoms with Gasteiger partial charge in [0.05, 0.1) is 11.6 Å². The maximum absolute atomic E-state index is 12.6. The van der Waals surface area contributed by atoms with Gasteiger partial charge < -0.3 is 10.1 Å². The first kappa shape index (κ1) is 17.4. The average molecular weight is 371 g/mol. The number of halogens is 1. The first-order valence-corrected chi connectivity index (χ1v) is 9.64. The van der Waals surface area contributed by atoms with E-state index < -0.39 is 0 Å². The molecular weight excluding hydrogens is 348 g/mol. The number of fused-ring (bicyclic) bond motifs is 3. The van der Waals surface area contributed by atoms with Gasteiger partial charge in [-0.25, -0.2) is 0 Å². The zero-order chi connectivity index (χ0) is 18.1. The van der Waals surface area contributed by atoms with Gasteiger partial charge in [0.1, 0.15) is 5.75 Å². The third kappa shape index (κ3) is 3.31. The maximum atomic E-state index is 12.6. The molecule has 0 aliphatic carbocycles. The van der Waals surface area contributed by atoms with E-state index >= 15 is 0 Å². The summed E-state index contributed by atoms with van der Waals surface area (Å²) in [5.74, 6) is 0.440. The number of hydrogen-bond donors (Lipinski definition) is 1. The summed E-state index contributed by atoms with van der Waals surface area (Å²) in [6, 6.07) is 11.9. The van der Waals surface area contributed by atoms with Gasteiger partial charge in [-0.2, -0.15) is 0 Å². The number of benzene rings is 2. The zero-order valence-corrected chi connectivity index (χ0v) is 15.7. The Hall–Kier alpha value is -2.04. The minimum absolute atomic E-state index is 0.158. The first-order chi connectivity index (χ1) is 12.7. The Morgan fingerprint density at radius 1 is 1.27 bits per heavy atom. The molecule has 0 saturated carbocycles. The van der Waals surface area contributed by atoms with Crippen molar-refractivity contribution in [2.24, 2.45) is 0 Å². The van der Waals surface area contributed by atoms with Crippen LogP contribution in [0.15, 0.2) is 36.4 Å². The van der Waals surface area contributed by atoms with Crippen molar-refractivity contribution in [3.63, 3.8) is 0 Å². The number of ether oxygens (including phenoxy) is 1. The standard InChI is InChI=1S/C21H23ClN2O2/c1-2-26-20-8-6-15(12-18(20)22)21(25)23-16-7-5-14-9-11-24-10-3-4-19(24)17(14)13-16/h5-8,12-13,19H,2-4,9-11H2,1H3,(H,23,25). The fourth-order valence-corrected chi connectivity index (χ4v) is 4.27. The molecule has 0 bridgehead atoms. The Kier molecular flexibility index (Phi) is 4.88. The van der Waals surface area contributed by atoms with Crippen LogP contribution in [0.25, 0.3) is 0 Å². The highest BCUT2D eigenvalue weighted by Crippen LogP contribution is 2.38. The van der Waals surface area contributed by atoms with E-state index in [0.29, 0.717) is 29.0 Å². The van der Waals surface area contributed by atoms with Crippen LogP contribution in [-0.2, 0) is 6.42 Å². The summed E-state index contributed by atoms with van der Waals surface area (Å²) in [4.78, 5) is 15.2. The monoisotopic (exact) mass is 370 g/mol. The summed E-state index contributed by atoms with van der Waals surface area (Å²) in [5, 5.41) is 3.46. The highest BCUT2D eigenvalue weighted by Gasteiger charge is 2.31. The molecule has 1 saturated heterocycles. The topological polar surface area (TPSA) is 41.6 Å². The number of rotatable bonds is 4. The van der Waals surface area contributed by atoms with Gasteiger partial charge in [-0.3, -0.25) is 9.69 Å². The molecule has 2 aromatic carbocycles. The van der Waals surface area contributed by atoms with Crippen LogP contribution in [0.1, 0.15) is 47.3 Å². The van der Waals surface area contributed by atoms with E-state index in [9.17, 15) is 4.79 Å². The number of carbonyl (C=O) groups is 1. The molecule has 2 heterocycles. The number of anilines is 1.